The van der Waals surface area contributed by atoms with Gasteiger partial charge in [0.1, 0.15) is 0 Å². The Morgan fingerprint density at radius 3 is 2.60 bits per heavy atom. The van der Waals surface area contributed by atoms with Crippen LogP contribution < -0.4 is 0 Å². The highest BCUT2D eigenvalue weighted by Gasteiger charge is 2.38. The predicted octanol–water partition coefficient (Wildman–Crippen LogP) is 2.01. The third-order valence-electron chi connectivity index (χ3n) is 3.09. The van der Waals surface area contributed by atoms with Crippen molar-refractivity contribution in [2.24, 2.45) is 0 Å². The minimum atomic E-state index is 0.774. The Labute approximate surface area is 70.9 Å². The van der Waals surface area contributed by atoms with E-state index >= 15 is 0 Å². The molecule has 0 saturated carbocycles. The maximum Gasteiger partial charge on any atom is 0.0302 e. The van der Waals surface area contributed by atoms with Gasteiger partial charge in [-0.2, -0.15) is 0 Å². The molecule has 2 heterocycles. The summed E-state index contributed by atoms with van der Waals surface area (Å²) in [7, 11) is 2.27. The van der Waals surface area contributed by atoms with Crippen molar-refractivity contribution in [3.05, 3.63) is 0 Å². The van der Waals surface area contributed by atoms with Crippen LogP contribution in [-0.2, 0) is 0 Å². The third kappa shape index (κ3) is 0.928. The molecule has 2 saturated heterocycles. The van der Waals surface area contributed by atoms with Crippen LogP contribution in [-0.4, -0.2) is 28.9 Å². The summed E-state index contributed by atoms with van der Waals surface area (Å²) < 4.78 is 0. The van der Waals surface area contributed by atoms with Gasteiger partial charge in [-0.25, -0.2) is 0 Å². The van der Waals surface area contributed by atoms with Gasteiger partial charge in [-0.1, -0.05) is 15.9 Å². The molecule has 2 aliphatic rings. The summed E-state index contributed by atoms with van der Waals surface area (Å²) >= 11 is 3.74. The van der Waals surface area contributed by atoms with Crippen LogP contribution >= 0.6 is 15.9 Å². The molecule has 2 heteroatoms. The van der Waals surface area contributed by atoms with Crippen LogP contribution in [0.25, 0.3) is 0 Å². The number of halogens is 1. The van der Waals surface area contributed by atoms with Crippen LogP contribution in [0.5, 0.6) is 0 Å². The topological polar surface area (TPSA) is 3.24 Å². The Hall–Kier alpha value is 0.440. The van der Waals surface area contributed by atoms with Gasteiger partial charge in [0.25, 0.3) is 0 Å². The number of alkyl halides is 1. The molecule has 0 aromatic heterocycles. The second kappa shape index (κ2) is 2.49. The Morgan fingerprint density at radius 2 is 1.90 bits per heavy atom. The van der Waals surface area contributed by atoms with Crippen molar-refractivity contribution in [3.63, 3.8) is 0 Å². The number of rotatable bonds is 0. The molecule has 2 fully saturated rings. The van der Waals surface area contributed by atoms with Gasteiger partial charge < -0.3 is 0 Å². The van der Waals surface area contributed by atoms with Crippen LogP contribution in [0.2, 0.25) is 0 Å². The average molecular weight is 204 g/mol. The van der Waals surface area contributed by atoms with Gasteiger partial charge in [-0.15, -0.1) is 0 Å². The molecule has 2 aliphatic heterocycles. The number of fused-ring (bicyclic) bond motifs is 2. The number of hydrogen-bond donors (Lipinski definition) is 0. The molecule has 0 aromatic carbocycles. The fourth-order valence-electron chi connectivity index (χ4n) is 2.37. The van der Waals surface area contributed by atoms with Gasteiger partial charge in [0.2, 0.25) is 0 Å². The minimum absolute atomic E-state index is 0.774. The molecule has 0 aromatic rings. The molecule has 58 valence electrons. The Bertz CT molecular complexity index is 137. The minimum Gasteiger partial charge on any atom is -0.299 e. The SMILES string of the molecule is CN1[C@H]2CCC(Br)[C@@H]1CC2. The summed E-state index contributed by atoms with van der Waals surface area (Å²) in [6.07, 6.45) is 5.64. The third-order valence-corrected chi connectivity index (χ3v) is 4.16. The monoisotopic (exact) mass is 203 g/mol. The van der Waals surface area contributed by atoms with E-state index in [1.165, 1.54) is 25.7 Å². The lowest BCUT2D eigenvalue weighted by Crippen LogP contribution is -2.42. The van der Waals surface area contributed by atoms with Crippen molar-refractivity contribution >= 4 is 15.9 Å². The van der Waals surface area contributed by atoms with Crippen molar-refractivity contribution in [1.29, 1.82) is 0 Å². The first kappa shape index (κ1) is 7.11. The Balaban J connectivity index is 2.13. The number of nitrogens with zero attached hydrogens (tertiary/aromatic N) is 1. The average Bonchev–Trinajstić information content (AvgIpc) is 2.13. The molecule has 0 aliphatic carbocycles. The standard InChI is InChI=1S/C8H14BrN/c1-10-6-2-4-7(9)8(10)5-3-6/h6-8H,2-5H2,1H3/t6-,7?,8-/m0/s1. The molecular formula is C8H14BrN. The van der Waals surface area contributed by atoms with Gasteiger partial charge in [-0.05, 0) is 32.7 Å². The summed E-state index contributed by atoms with van der Waals surface area (Å²) in [6, 6.07) is 1.76. The quantitative estimate of drug-likeness (QED) is 0.545. The van der Waals surface area contributed by atoms with E-state index in [2.05, 4.69) is 27.9 Å². The zero-order chi connectivity index (χ0) is 7.14. The van der Waals surface area contributed by atoms with E-state index in [1.807, 2.05) is 0 Å². The number of piperidine rings is 1. The Kier molecular flexibility index (Phi) is 1.77. The normalized spacial score (nSPS) is 48.0. The highest BCUT2D eigenvalue weighted by Crippen LogP contribution is 2.37. The molecule has 0 N–H and O–H groups in total. The van der Waals surface area contributed by atoms with Crippen LogP contribution in [0.3, 0.4) is 0 Å². The van der Waals surface area contributed by atoms with Gasteiger partial charge in [0.15, 0.2) is 0 Å². The molecule has 2 rings (SSSR count). The summed E-state index contributed by atoms with van der Waals surface area (Å²) in [6.45, 7) is 0. The highest BCUT2D eigenvalue weighted by molar-refractivity contribution is 9.09. The van der Waals surface area contributed by atoms with Gasteiger partial charge in [0, 0.05) is 16.9 Å². The second-order valence-electron chi connectivity index (χ2n) is 3.56. The van der Waals surface area contributed by atoms with Crippen LogP contribution in [0.1, 0.15) is 25.7 Å². The van der Waals surface area contributed by atoms with Crippen LogP contribution in [0.15, 0.2) is 0 Å². The lowest BCUT2D eigenvalue weighted by atomic mass is 10.0. The van der Waals surface area contributed by atoms with E-state index in [4.69, 9.17) is 0 Å². The van der Waals surface area contributed by atoms with E-state index in [1.54, 1.807) is 0 Å². The highest BCUT2D eigenvalue weighted by atomic mass is 79.9. The van der Waals surface area contributed by atoms with E-state index in [0.717, 1.165) is 16.9 Å². The molecule has 10 heavy (non-hydrogen) atoms. The van der Waals surface area contributed by atoms with Gasteiger partial charge in [-0.3, -0.25) is 4.90 Å². The molecule has 1 unspecified atom stereocenters. The molecule has 1 nitrogen and oxygen atoms in total. The van der Waals surface area contributed by atoms with E-state index < -0.39 is 0 Å². The van der Waals surface area contributed by atoms with Crippen molar-refractivity contribution in [3.8, 4) is 0 Å². The van der Waals surface area contributed by atoms with Crippen molar-refractivity contribution in [1.82, 2.24) is 4.90 Å². The Morgan fingerprint density at radius 1 is 1.20 bits per heavy atom. The molecule has 3 atom stereocenters. The van der Waals surface area contributed by atoms with Crippen molar-refractivity contribution in [2.75, 3.05) is 7.05 Å². The molecule has 0 amide bonds. The van der Waals surface area contributed by atoms with E-state index in [-0.39, 0.29) is 0 Å². The first-order valence-electron chi connectivity index (χ1n) is 4.15. The fourth-order valence-corrected chi connectivity index (χ4v) is 3.27. The summed E-state index contributed by atoms with van der Waals surface area (Å²) in [5.41, 5.74) is 0. The largest absolute Gasteiger partial charge is 0.299 e. The van der Waals surface area contributed by atoms with E-state index in [0.29, 0.717) is 0 Å². The summed E-state index contributed by atoms with van der Waals surface area (Å²) in [5, 5.41) is 0. The van der Waals surface area contributed by atoms with Crippen LogP contribution in [0, 0.1) is 0 Å². The maximum atomic E-state index is 3.74. The maximum absolute atomic E-state index is 3.74. The molecule has 0 spiro atoms. The van der Waals surface area contributed by atoms with Crippen molar-refractivity contribution < 1.29 is 0 Å². The smallest absolute Gasteiger partial charge is 0.0302 e. The second-order valence-corrected chi connectivity index (χ2v) is 4.73. The van der Waals surface area contributed by atoms with Crippen molar-refractivity contribution in [2.45, 2.75) is 42.6 Å². The first-order valence-corrected chi connectivity index (χ1v) is 5.06. The summed E-state index contributed by atoms with van der Waals surface area (Å²) in [5.74, 6) is 0. The zero-order valence-electron chi connectivity index (χ0n) is 6.39. The van der Waals surface area contributed by atoms with Gasteiger partial charge in [0.05, 0.1) is 0 Å². The number of hydrogen-bond acceptors (Lipinski definition) is 1. The summed E-state index contributed by atoms with van der Waals surface area (Å²) in [4.78, 5) is 3.33. The zero-order valence-corrected chi connectivity index (χ0v) is 7.97. The lowest BCUT2D eigenvalue weighted by Gasteiger charge is -2.34. The van der Waals surface area contributed by atoms with E-state index in [9.17, 15) is 0 Å². The molecule has 0 radical (unpaired) electrons. The first-order chi connectivity index (χ1) is 4.79. The molecule has 2 bridgehead atoms. The predicted molar refractivity (Wildman–Crippen MR) is 46.5 cm³/mol. The lowest BCUT2D eigenvalue weighted by molar-refractivity contribution is 0.186. The molecular weight excluding hydrogens is 190 g/mol. The fraction of sp³-hybridized carbons (Fsp3) is 1.00. The van der Waals surface area contributed by atoms with Gasteiger partial charge >= 0.3 is 0 Å². The van der Waals surface area contributed by atoms with Crippen LogP contribution in [0.4, 0.5) is 0 Å².